The lowest BCUT2D eigenvalue weighted by atomic mass is 10.0. The fourth-order valence-electron chi connectivity index (χ4n) is 3.14. The monoisotopic (exact) mass is 396 g/mol. The largest absolute Gasteiger partial charge is 0.451 e. The van der Waals surface area contributed by atoms with E-state index in [2.05, 4.69) is 15.3 Å². The van der Waals surface area contributed by atoms with Gasteiger partial charge in [-0.05, 0) is 45.7 Å². The minimum atomic E-state index is -4.62. The van der Waals surface area contributed by atoms with Crippen LogP contribution < -0.4 is 10.2 Å². The molecule has 9 heteroatoms. The van der Waals surface area contributed by atoms with Crippen molar-refractivity contribution < 1.29 is 22.7 Å². The lowest BCUT2D eigenvalue weighted by molar-refractivity contribution is -0.144. The Balaban J connectivity index is 1.75. The lowest BCUT2D eigenvalue weighted by Crippen LogP contribution is -2.46. The van der Waals surface area contributed by atoms with Gasteiger partial charge < -0.3 is 15.0 Å². The molecule has 2 aromatic rings. The molecule has 2 heterocycles. The number of fused-ring (bicyclic) bond motifs is 1. The zero-order chi connectivity index (χ0) is 20.5. The summed E-state index contributed by atoms with van der Waals surface area (Å²) < 4.78 is 44.8. The number of ether oxygens (including phenoxy) is 1. The van der Waals surface area contributed by atoms with E-state index < -0.39 is 23.7 Å². The molecule has 1 saturated heterocycles. The Morgan fingerprint density at radius 1 is 1.14 bits per heavy atom. The normalized spacial score (nSPS) is 16.3. The van der Waals surface area contributed by atoms with Gasteiger partial charge in [0.1, 0.15) is 11.4 Å². The number of anilines is 1. The number of alkyl halides is 3. The van der Waals surface area contributed by atoms with Gasteiger partial charge in [0.05, 0.1) is 5.52 Å². The van der Waals surface area contributed by atoms with Gasteiger partial charge in [0, 0.05) is 24.5 Å². The van der Waals surface area contributed by atoms with E-state index in [0.717, 1.165) is 0 Å². The molecule has 0 saturated carbocycles. The fourth-order valence-corrected chi connectivity index (χ4v) is 3.14. The summed E-state index contributed by atoms with van der Waals surface area (Å²) in [6.45, 7) is 6.30. The van der Waals surface area contributed by atoms with Crippen LogP contribution in [0.5, 0.6) is 0 Å². The quantitative estimate of drug-likeness (QED) is 0.826. The van der Waals surface area contributed by atoms with Crippen LogP contribution in [0.1, 0.15) is 39.4 Å². The zero-order valence-corrected chi connectivity index (χ0v) is 16.0. The third kappa shape index (κ3) is 4.82. The number of carbonyl (C=O) groups excluding carboxylic acids is 1. The van der Waals surface area contributed by atoms with Crippen LogP contribution in [0, 0.1) is 0 Å². The molecule has 1 aromatic heterocycles. The van der Waals surface area contributed by atoms with Crippen LogP contribution in [-0.2, 0) is 10.9 Å². The summed E-state index contributed by atoms with van der Waals surface area (Å²) >= 11 is 0. The summed E-state index contributed by atoms with van der Waals surface area (Å²) in [4.78, 5) is 21.2. The van der Waals surface area contributed by atoms with E-state index in [0.29, 0.717) is 31.3 Å². The van der Waals surface area contributed by atoms with Crippen LogP contribution in [0.25, 0.3) is 10.9 Å². The Hall–Kier alpha value is -2.58. The molecule has 0 unspecified atom stereocenters. The van der Waals surface area contributed by atoms with E-state index in [9.17, 15) is 18.0 Å². The van der Waals surface area contributed by atoms with Gasteiger partial charge in [-0.15, -0.1) is 0 Å². The molecule has 0 spiro atoms. The first-order valence-electron chi connectivity index (χ1n) is 9.11. The van der Waals surface area contributed by atoms with E-state index in [1.807, 2.05) is 4.90 Å². The fraction of sp³-hybridized carbons (Fsp3) is 0.526. The van der Waals surface area contributed by atoms with E-state index in [1.54, 1.807) is 45.0 Å². The van der Waals surface area contributed by atoms with Gasteiger partial charge in [-0.25, -0.2) is 14.8 Å². The SMILES string of the molecule is CC(C)(C)OC(=O)NC1CCN(c2nc(C(F)(F)F)nc3ccccc23)CC1. The molecule has 0 radical (unpaired) electrons. The number of nitrogens with one attached hydrogen (secondary N) is 1. The highest BCUT2D eigenvalue weighted by atomic mass is 19.4. The molecule has 1 amide bonds. The van der Waals surface area contributed by atoms with Crippen molar-refractivity contribution in [2.45, 2.75) is 51.4 Å². The maximum Gasteiger partial charge on any atom is 0.451 e. The van der Waals surface area contributed by atoms with E-state index in [1.165, 1.54) is 0 Å². The molecule has 0 atom stereocenters. The molecule has 1 aromatic carbocycles. The van der Waals surface area contributed by atoms with Crippen LogP contribution in [0.3, 0.4) is 0 Å². The second-order valence-corrected chi connectivity index (χ2v) is 7.79. The summed E-state index contributed by atoms with van der Waals surface area (Å²) in [5.74, 6) is -0.871. The Morgan fingerprint density at radius 3 is 2.39 bits per heavy atom. The summed E-state index contributed by atoms with van der Waals surface area (Å²) in [6, 6.07) is 6.57. The van der Waals surface area contributed by atoms with E-state index in [-0.39, 0.29) is 17.4 Å². The van der Waals surface area contributed by atoms with Crippen LogP contribution in [0.4, 0.5) is 23.8 Å². The number of nitrogens with zero attached hydrogens (tertiary/aromatic N) is 3. The molecule has 1 aliphatic heterocycles. The summed E-state index contributed by atoms with van der Waals surface area (Å²) in [5, 5.41) is 3.40. The number of alkyl carbamates (subject to hydrolysis) is 1. The van der Waals surface area contributed by atoms with Gasteiger partial charge >= 0.3 is 12.3 Å². The second kappa shape index (κ2) is 7.44. The molecule has 0 aliphatic carbocycles. The second-order valence-electron chi connectivity index (χ2n) is 7.79. The first-order chi connectivity index (χ1) is 13.0. The van der Waals surface area contributed by atoms with Crippen LogP contribution in [0.15, 0.2) is 24.3 Å². The number of halogens is 3. The predicted octanol–water partition coefficient (Wildman–Crippen LogP) is 4.14. The van der Waals surface area contributed by atoms with E-state index in [4.69, 9.17) is 4.74 Å². The summed E-state index contributed by atoms with van der Waals surface area (Å²) in [5.41, 5.74) is -0.326. The van der Waals surface area contributed by atoms with Gasteiger partial charge in [0.25, 0.3) is 0 Å². The van der Waals surface area contributed by atoms with Gasteiger partial charge in [-0.3, -0.25) is 0 Å². The van der Waals surface area contributed by atoms with Crippen molar-refractivity contribution in [1.82, 2.24) is 15.3 Å². The number of piperidine rings is 1. The Morgan fingerprint density at radius 2 is 1.79 bits per heavy atom. The zero-order valence-electron chi connectivity index (χ0n) is 16.0. The number of para-hydroxylation sites is 1. The van der Waals surface area contributed by atoms with Crippen molar-refractivity contribution in [2.24, 2.45) is 0 Å². The van der Waals surface area contributed by atoms with E-state index >= 15 is 0 Å². The number of rotatable bonds is 2. The number of hydrogen-bond donors (Lipinski definition) is 1. The maximum atomic E-state index is 13.2. The average molecular weight is 396 g/mol. The number of aromatic nitrogens is 2. The Bertz CT molecular complexity index is 856. The highest BCUT2D eigenvalue weighted by Gasteiger charge is 2.36. The number of carbonyl (C=O) groups is 1. The number of amides is 1. The van der Waals surface area contributed by atoms with Crippen molar-refractivity contribution in [3.05, 3.63) is 30.1 Å². The molecular weight excluding hydrogens is 373 g/mol. The van der Waals surface area contributed by atoms with Crippen molar-refractivity contribution in [1.29, 1.82) is 0 Å². The van der Waals surface area contributed by atoms with Gasteiger partial charge in [0.15, 0.2) is 0 Å². The molecule has 1 fully saturated rings. The Labute approximate surface area is 161 Å². The number of hydrogen-bond acceptors (Lipinski definition) is 5. The molecule has 3 rings (SSSR count). The first kappa shape index (κ1) is 20.2. The molecule has 1 N–H and O–H groups in total. The van der Waals surface area contributed by atoms with Gasteiger partial charge in [-0.1, -0.05) is 12.1 Å². The minimum absolute atomic E-state index is 0.0960. The summed E-state index contributed by atoms with van der Waals surface area (Å²) in [6.07, 6.45) is -3.94. The molecule has 152 valence electrons. The van der Waals surface area contributed by atoms with Crippen LogP contribution >= 0.6 is 0 Å². The van der Waals surface area contributed by atoms with Crippen LogP contribution in [-0.4, -0.2) is 40.8 Å². The predicted molar refractivity (Wildman–Crippen MR) is 99.1 cm³/mol. The first-order valence-corrected chi connectivity index (χ1v) is 9.11. The standard InChI is InChI=1S/C19H23F3N4O2/c1-18(2,3)28-17(27)23-12-8-10-26(11-9-12)15-13-6-4-5-7-14(13)24-16(25-15)19(20,21)22/h4-7,12H,8-11H2,1-3H3,(H,23,27). The molecular formula is C19H23F3N4O2. The minimum Gasteiger partial charge on any atom is -0.444 e. The van der Waals surface area contributed by atoms with Gasteiger partial charge in [0.2, 0.25) is 5.82 Å². The smallest absolute Gasteiger partial charge is 0.444 e. The third-order valence-electron chi connectivity index (χ3n) is 4.35. The third-order valence-corrected chi connectivity index (χ3v) is 4.35. The van der Waals surface area contributed by atoms with Crippen molar-refractivity contribution in [3.63, 3.8) is 0 Å². The van der Waals surface area contributed by atoms with Crippen molar-refractivity contribution >= 4 is 22.8 Å². The average Bonchev–Trinajstić information content (AvgIpc) is 2.59. The topological polar surface area (TPSA) is 67.3 Å². The molecule has 28 heavy (non-hydrogen) atoms. The highest BCUT2D eigenvalue weighted by molar-refractivity contribution is 5.89. The van der Waals surface area contributed by atoms with Crippen LogP contribution in [0.2, 0.25) is 0 Å². The maximum absolute atomic E-state index is 13.2. The van der Waals surface area contributed by atoms with Gasteiger partial charge in [-0.2, -0.15) is 13.2 Å². The molecule has 6 nitrogen and oxygen atoms in total. The van der Waals surface area contributed by atoms with Crippen molar-refractivity contribution in [3.8, 4) is 0 Å². The summed E-state index contributed by atoms with van der Waals surface area (Å²) in [7, 11) is 0. The number of benzene rings is 1. The Kier molecular flexibility index (Phi) is 5.36. The lowest BCUT2D eigenvalue weighted by Gasteiger charge is -2.34. The molecule has 0 bridgehead atoms. The van der Waals surface area contributed by atoms with Crippen molar-refractivity contribution in [2.75, 3.05) is 18.0 Å². The highest BCUT2D eigenvalue weighted by Crippen LogP contribution is 2.32. The molecule has 1 aliphatic rings.